The molecule has 2 aromatic heterocycles. The number of aryl methyl sites for hydroxylation is 1. The van der Waals surface area contributed by atoms with Crippen LogP contribution >= 0.6 is 11.8 Å². The lowest BCUT2D eigenvalue weighted by Crippen LogP contribution is -2.23. The van der Waals surface area contributed by atoms with Gasteiger partial charge in [0.1, 0.15) is 11.3 Å². The first-order chi connectivity index (χ1) is 15.6. The fraction of sp³-hybridized carbons (Fsp3) is 0.0870. The summed E-state index contributed by atoms with van der Waals surface area (Å²) in [6, 6.07) is 21.3. The van der Waals surface area contributed by atoms with E-state index in [1.807, 2.05) is 37.3 Å². The molecule has 0 saturated carbocycles. The molecule has 0 spiro atoms. The minimum absolute atomic E-state index is 0.179. The maximum atomic E-state index is 14.5. The van der Waals surface area contributed by atoms with Crippen LogP contribution in [-0.4, -0.2) is 29.8 Å². The molecule has 32 heavy (non-hydrogen) atoms. The van der Waals surface area contributed by atoms with Gasteiger partial charge in [0.05, 0.1) is 16.8 Å². The molecule has 0 aliphatic rings. The molecule has 0 aliphatic heterocycles. The van der Waals surface area contributed by atoms with Gasteiger partial charge in [-0.25, -0.2) is 4.39 Å². The van der Waals surface area contributed by atoms with Crippen molar-refractivity contribution in [2.24, 2.45) is 0 Å². The highest BCUT2D eigenvalue weighted by Gasteiger charge is 2.19. The van der Waals surface area contributed by atoms with Crippen molar-refractivity contribution >= 4 is 22.7 Å². The van der Waals surface area contributed by atoms with E-state index in [-0.39, 0.29) is 17.3 Å². The second-order valence-corrected chi connectivity index (χ2v) is 8.05. The molecule has 0 saturated heterocycles. The van der Waals surface area contributed by atoms with Gasteiger partial charge in [-0.3, -0.25) is 9.36 Å². The van der Waals surface area contributed by atoms with Crippen LogP contribution in [0.2, 0.25) is 0 Å². The topological polar surface area (TPSA) is 78.5 Å². The van der Waals surface area contributed by atoms with Gasteiger partial charge in [0.25, 0.3) is 5.56 Å². The lowest BCUT2D eigenvalue weighted by molar-refractivity contribution is 0.629. The predicted molar refractivity (Wildman–Crippen MR) is 121 cm³/mol. The van der Waals surface area contributed by atoms with E-state index in [2.05, 4.69) is 20.5 Å². The van der Waals surface area contributed by atoms with Crippen molar-refractivity contribution in [3.05, 3.63) is 94.5 Å². The monoisotopic (exact) mass is 444 g/mol. The Morgan fingerprint density at radius 3 is 2.47 bits per heavy atom. The van der Waals surface area contributed by atoms with Crippen molar-refractivity contribution in [2.75, 3.05) is 0 Å². The largest absolute Gasteiger partial charge is 0.278 e. The van der Waals surface area contributed by atoms with Crippen molar-refractivity contribution in [2.45, 2.75) is 18.0 Å². The molecule has 0 N–H and O–H groups in total. The minimum Gasteiger partial charge on any atom is -0.270 e. The molecule has 0 aliphatic carbocycles. The van der Waals surface area contributed by atoms with E-state index in [9.17, 15) is 9.18 Å². The molecule has 0 unspecified atom stereocenters. The highest BCUT2D eigenvalue weighted by atomic mass is 32.2. The molecule has 5 aromatic rings. The summed E-state index contributed by atoms with van der Waals surface area (Å²) < 4.78 is 17.6. The molecule has 2 heterocycles. The fourth-order valence-corrected chi connectivity index (χ4v) is 4.16. The smallest absolute Gasteiger partial charge is 0.270 e. The lowest BCUT2D eigenvalue weighted by Gasteiger charge is -2.11. The number of fused-ring (bicyclic) bond motifs is 1. The third-order valence-corrected chi connectivity index (χ3v) is 5.88. The van der Waals surface area contributed by atoms with Crippen LogP contribution in [0.1, 0.15) is 5.56 Å². The van der Waals surface area contributed by atoms with Gasteiger partial charge in [-0.15, -0.1) is 15.3 Å². The zero-order chi connectivity index (χ0) is 22.1. The van der Waals surface area contributed by atoms with E-state index < -0.39 is 0 Å². The van der Waals surface area contributed by atoms with Crippen molar-refractivity contribution < 1.29 is 4.39 Å². The Labute approximate surface area is 186 Å². The summed E-state index contributed by atoms with van der Waals surface area (Å²) in [7, 11) is 0. The number of nitrogens with zero attached hydrogens (tertiary/aromatic N) is 6. The van der Waals surface area contributed by atoms with Crippen LogP contribution in [0.3, 0.4) is 0 Å². The Morgan fingerprint density at radius 2 is 1.66 bits per heavy atom. The summed E-state index contributed by atoms with van der Waals surface area (Å²) in [4.78, 5) is 12.8. The highest BCUT2D eigenvalue weighted by molar-refractivity contribution is 7.98. The van der Waals surface area contributed by atoms with E-state index in [4.69, 9.17) is 0 Å². The van der Waals surface area contributed by atoms with E-state index in [0.29, 0.717) is 27.4 Å². The van der Waals surface area contributed by atoms with Crippen LogP contribution in [0, 0.1) is 12.7 Å². The minimum atomic E-state index is -0.388. The lowest BCUT2D eigenvalue weighted by atomic mass is 10.2. The average Bonchev–Trinajstić information content (AvgIpc) is 3.23. The Hall–Kier alpha value is -3.85. The third-order valence-electron chi connectivity index (χ3n) is 4.99. The molecule has 5 rings (SSSR count). The van der Waals surface area contributed by atoms with Crippen LogP contribution < -0.4 is 5.56 Å². The molecule has 0 bridgehead atoms. The van der Waals surface area contributed by atoms with Crippen LogP contribution in [0.25, 0.3) is 28.0 Å². The van der Waals surface area contributed by atoms with Gasteiger partial charge in [0.15, 0.2) is 11.0 Å². The number of thioether (sulfide) groups is 1. The van der Waals surface area contributed by atoms with Crippen LogP contribution in [0.5, 0.6) is 0 Å². The fourth-order valence-electron chi connectivity index (χ4n) is 3.33. The summed E-state index contributed by atoms with van der Waals surface area (Å²) >= 11 is 1.27. The van der Waals surface area contributed by atoms with Gasteiger partial charge in [0, 0.05) is 5.69 Å². The standard InChI is InChI=1S/C23H17FN6OS/c1-15-10-12-16(13-11-15)30-21(17-6-2-4-8-19(17)24)26-27-23(30)32-14-29-22(31)18-7-3-5-9-20(18)25-28-29/h2-13H,14H2,1H3. The Morgan fingerprint density at radius 1 is 0.906 bits per heavy atom. The average molecular weight is 444 g/mol. The van der Waals surface area contributed by atoms with Gasteiger partial charge >= 0.3 is 0 Å². The number of benzene rings is 3. The van der Waals surface area contributed by atoms with Crippen molar-refractivity contribution in [3.63, 3.8) is 0 Å². The van der Waals surface area contributed by atoms with E-state index in [1.165, 1.54) is 22.5 Å². The van der Waals surface area contributed by atoms with Gasteiger partial charge in [0.2, 0.25) is 0 Å². The first-order valence-corrected chi connectivity index (χ1v) is 10.8. The number of hydrogen-bond donors (Lipinski definition) is 0. The molecular formula is C23H17FN6OS. The summed E-state index contributed by atoms with van der Waals surface area (Å²) in [5, 5.41) is 17.7. The first kappa shape index (κ1) is 20.1. The maximum absolute atomic E-state index is 14.5. The van der Waals surface area contributed by atoms with Crippen LogP contribution in [0.15, 0.2) is 82.7 Å². The Bertz CT molecular complexity index is 1480. The van der Waals surface area contributed by atoms with Gasteiger partial charge in [-0.2, -0.15) is 4.68 Å². The number of aromatic nitrogens is 6. The summed E-state index contributed by atoms with van der Waals surface area (Å²) in [6.45, 7) is 1.99. The molecule has 0 fully saturated rings. The van der Waals surface area contributed by atoms with E-state index in [0.717, 1.165) is 11.3 Å². The molecular weight excluding hydrogens is 427 g/mol. The summed E-state index contributed by atoms with van der Waals surface area (Å²) in [5.74, 6) is 0.172. The molecule has 0 amide bonds. The second kappa shape index (κ2) is 8.35. The van der Waals surface area contributed by atoms with Crippen LogP contribution in [0.4, 0.5) is 4.39 Å². The zero-order valence-electron chi connectivity index (χ0n) is 17.0. The normalized spacial score (nSPS) is 11.2. The highest BCUT2D eigenvalue weighted by Crippen LogP contribution is 2.30. The maximum Gasteiger partial charge on any atom is 0.278 e. The second-order valence-electron chi connectivity index (χ2n) is 7.14. The molecule has 3 aromatic carbocycles. The first-order valence-electron chi connectivity index (χ1n) is 9.84. The van der Waals surface area contributed by atoms with Crippen molar-refractivity contribution in [1.82, 2.24) is 29.8 Å². The molecule has 7 nitrogen and oxygen atoms in total. The SMILES string of the molecule is Cc1ccc(-n2c(SCn3nnc4ccccc4c3=O)nnc2-c2ccccc2F)cc1. The van der Waals surface area contributed by atoms with Crippen molar-refractivity contribution in [1.29, 1.82) is 0 Å². The predicted octanol–water partition coefficient (Wildman–Crippen LogP) is 4.24. The molecule has 0 radical (unpaired) electrons. The van der Waals surface area contributed by atoms with E-state index in [1.54, 1.807) is 41.0 Å². The summed E-state index contributed by atoms with van der Waals surface area (Å²) in [5.41, 5.74) is 2.54. The van der Waals surface area contributed by atoms with Crippen molar-refractivity contribution in [3.8, 4) is 17.1 Å². The number of rotatable bonds is 5. The zero-order valence-corrected chi connectivity index (χ0v) is 17.8. The van der Waals surface area contributed by atoms with Gasteiger partial charge in [-0.1, -0.05) is 58.9 Å². The molecule has 158 valence electrons. The number of hydrogen-bond acceptors (Lipinski definition) is 6. The molecule has 0 atom stereocenters. The quantitative estimate of drug-likeness (QED) is 0.378. The van der Waals surface area contributed by atoms with Crippen LogP contribution in [-0.2, 0) is 5.88 Å². The molecule has 9 heteroatoms. The number of halogens is 1. The van der Waals surface area contributed by atoms with Gasteiger partial charge < -0.3 is 0 Å². The van der Waals surface area contributed by atoms with Gasteiger partial charge in [-0.05, 0) is 43.3 Å². The Kier molecular flexibility index (Phi) is 5.24. The Balaban J connectivity index is 1.56. The van der Waals surface area contributed by atoms with E-state index >= 15 is 0 Å². The third kappa shape index (κ3) is 3.67. The summed E-state index contributed by atoms with van der Waals surface area (Å²) in [6.07, 6.45) is 0.